The number of anilines is 5. The first-order valence-corrected chi connectivity index (χ1v) is 32.7. The Labute approximate surface area is 558 Å². The summed E-state index contributed by atoms with van der Waals surface area (Å²) in [5.41, 5.74) is 8.60. The maximum absolute atomic E-state index is 11.1. The number of methoxy groups -OCH3 is 4. The molecule has 6 aromatic rings. The van der Waals surface area contributed by atoms with Crippen molar-refractivity contribution in [1.29, 1.82) is 0 Å². The summed E-state index contributed by atoms with van der Waals surface area (Å²) in [6.45, 7) is 13.8. The Hall–Kier alpha value is -5.90. The van der Waals surface area contributed by atoms with Gasteiger partial charge in [-0.2, -0.15) is 17.5 Å². The average molecular weight is 1380 g/mol. The van der Waals surface area contributed by atoms with Gasteiger partial charge in [0, 0.05) is 106 Å². The zero-order valence-corrected chi connectivity index (χ0v) is 57.6. The van der Waals surface area contributed by atoms with Gasteiger partial charge < -0.3 is 44.5 Å². The van der Waals surface area contributed by atoms with E-state index in [9.17, 15) is 19.2 Å². The van der Waals surface area contributed by atoms with Crippen LogP contribution in [0.15, 0.2) is 24.8 Å². The van der Waals surface area contributed by atoms with Gasteiger partial charge in [-0.05, 0) is 116 Å². The van der Waals surface area contributed by atoms with Gasteiger partial charge in [0.1, 0.15) is 47.6 Å². The first-order chi connectivity index (χ1) is 42.6. The number of amides is 1. The molecule has 0 spiro atoms. The van der Waals surface area contributed by atoms with Crippen molar-refractivity contribution in [2.24, 2.45) is 5.73 Å². The van der Waals surface area contributed by atoms with E-state index in [0.717, 1.165) is 191 Å². The van der Waals surface area contributed by atoms with Crippen molar-refractivity contribution in [1.82, 2.24) is 62.8 Å². The molecule has 0 saturated carbocycles. The lowest BCUT2D eigenvalue weighted by Crippen LogP contribution is -2.20. The normalized spacial score (nSPS) is 10.2. The van der Waals surface area contributed by atoms with Crippen molar-refractivity contribution in [3.05, 3.63) is 63.9 Å². The minimum atomic E-state index is -0.345. The molecule has 27 nitrogen and oxygen atoms in total. The second-order valence-corrected chi connectivity index (χ2v) is 22.8. The number of hydrogen-bond acceptors (Lipinski definition) is 30. The third-order valence-electron chi connectivity index (χ3n) is 11.9. The average Bonchev–Trinajstić information content (AvgIpc) is 1.93. The van der Waals surface area contributed by atoms with Gasteiger partial charge in [0.25, 0.3) is 0 Å². The summed E-state index contributed by atoms with van der Waals surface area (Å²) in [5.74, 6) is 3.91. The van der Waals surface area contributed by atoms with Gasteiger partial charge in [-0.25, -0.2) is 45.4 Å². The summed E-state index contributed by atoms with van der Waals surface area (Å²) < 4.78 is 41.3. The molecule has 0 aromatic carbocycles. The Bertz CT molecular complexity index is 2670. The van der Waals surface area contributed by atoms with Crippen LogP contribution >= 0.6 is 70.1 Å². The summed E-state index contributed by atoms with van der Waals surface area (Å²) in [6, 6.07) is 3.81. The van der Waals surface area contributed by atoms with Crippen molar-refractivity contribution in [2.75, 3.05) is 76.3 Å². The van der Waals surface area contributed by atoms with Gasteiger partial charge in [0.2, 0.25) is 25.8 Å². The number of ether oxygens (including phenoxy) is 5. The van der Waals surface area contributed by atoms with Crippen molar-refractivity contribution in [2.45, 2.75) is 184 Å². The Morgan fingerprint density at radius 3 is 1.36 bits per heavy atom. The van der Waals surface area contributed by atoms with E-state index in [1.165, 1.54) is 66.7 Å². The van der Waals surface area contributed by atoms with Gasteiger partial charge >= 0.3 is 17.9 Å². The smallest absolute Gasteiger partial charge is 0.305 e. The van der Waals surface area contributed by atoms with Crippen LogP contribution in [0.4, 0.5) is 27.0 Å². The molecule has 6 aromatic heterocycles. The molecular weight excluding hydrogens is 1280 g/mol. The minimum Gasteiger partial charge on any atom is -0.469 e. The number of nitrogens with two attached hydrogens (primary N) is 1. The fraction of sp³-hybridized carbons (Fsp3) is 0.649. The van der Waals surface area contributed by atoms with E-state index >= 15 is 0 Å². The Morgan fingerprint density at radius 1 is 0.556 bits per heavy atom. The number of hydrogen-bond donors (Lipinski definition) is 4. The van der Waals surface area contributed by atoms with Gasteiger partial charge in [0.05, 0.1) is 45.4 Å². The Kier molecular flexibility index (Phi) is 50.2. The number of nitrogens with zero attached hydrogens (tertiary/aromatic N) is 14. The van der Waals surface area contributed by atoms with Crippen molar-refractivity contribution in [3.63, 3.8) is 0 Å². The van der Waals surface area contributed by atoms with E-state index in [1.54, 1.807) is 26.0 Å². The first-order valence-electron chi connectivity index (χ1n) is 29.3. The monoisotopic (exact) mass is 1380 g/mol. The van der Waals surface area contributed by atoms with Crippen LogP contribution in [0.1, 0.15) is 177 Å². The SMILES string of the molecule is C.CCOC(=O)CCCCCCN.COC(=O)CCCCCCNc1nc(C)ns1.COCc1cc(N(CCCCCCC(=O)NO)c2nc(C)ns2)ncn1.COCc1cc(N(CCCCCCC(=O)OC)c2nc(C)ns2)ncn1.Cc1nsc(Cl)n1.Cl. The number of nitrogens with one attached hydrogen (secondary N) is 2. The maximum Gasteiger partial charge on any atom is 0.305 e. The molecule has 6 heterocycles. The number of unbranched alkanes of at least 4 members (excludes halogenated alkanes) is 12. The lowest BCUT2D eigenvalue weighted by atomic mass is 10.1. The zero-order chi connectivity index (χ0) is 64.6. The van der Waals surface area contributed by atoms with E-state index in [2.05, 4.69) is 77.1 Å². The van der Waals surface area contributed by atoms with Crippen LogP contribution in [-0.4, -0.2) is 148 Å². The number of carbonyl (C=O) groups is 4. The van der Waals surface area contributed by atoms with Gasteiger partial charge in [-0.15, -0.1) is 12.4 Å². The number of esters is 3. The molecule has 0 bridgehead atoms. The highest BCUT2D eigenvalue weighted by molar-refractivity contribution is 7.10. The second-order valence-electron chi connectivity index (χ2n) is 19.3. The molecule has 0 aliphatic heterocycles. The Balaban J connectivity index is 0.00000116. The fourth-order valence-electron chi connectivity index (χ4n) is 7.57. The van der Waals surface area contributed by atoms with E-state index in [-0.39, 0.29) is 43.6 Å². The molecule has 506 valence electrons. The molecule has 5 N–H and O–H groups in total. The van der Waals surface area contributed by atoms with E-state index in [1.807, 2.05) is 51.7 Å². The number of aryl methyl sites for hydroxylation is 4. The van der Waals surface area contributed by atoms with E-state index in [0.29, 0.717) is 50.0 Å². The zero-order valence-electron chi connectivity index (χ0n) is 52.8. The molecule has 0 radical (unpaired) electrons. The molecule has 33 heteroatoms. The molecule has 0 fully saturated rings. The summed E-state index contributed by atoms with van der Waals surface area (Å²) >= 11 is 10.7. The van der Waals surface area contributed by atoms with E-state index in [4.69, 9.17) is 36.8 Å². The van der Waals surface area contributed by atoms with Crippen LogP contribution in [-0.2, 0) is 56.1 Å². The quantitative estimate of drug-likeness (QED) is 0.00925. The minimum absolute atomic E-state index is 0. The molecule has 0 saturated heterocycles. The molecular formula is C57H95Cl2N17O10S4. The molecule has 6 rings (SSSR count). The predicted molar refractivity (Wildman–Crippen MR) is 358 cm³/mol. The highest BCUT2D eigenvalue weighted by Crippen LogP contribution is 2.28. The summed E-state index contributed by atoms with van der Waals surface area (Å²) in [4.78, 5) is 82.1. The highest BCUT2D eigenvalue weighted by atomic mass is 35.5. The fourth-order valence-corrected chi connectivity index (χ4v) is 10.2. The van der Waals surface area contributed by atoms with Gasteiger partial charge in [-0.1, -0.05) is 58.8 Å². The topological polar surface area (TPSA) is 346 Å². The number of halogens is 2. The van der Waals surface area contributed by atoms with Crippen LogP contribution < -0.4 is 26.3 Å². The van der Waals surface area contributed by atoms with Crippen molar-refractivity contribution >= 4 is 121 Å². The molecule has 90 heavy (non-hydrogen) atoms. The number of hydroxylamine groups is 1. The summed E-state index contributed by atoms with van der Waals surface area (Å²) in [5, 5.41) is 14.2. The van der Waals surface area contributed by atoms with Crippen molar-refractivity contribution < 1.29 is 48.1 Å². The lowest BCUT2D eigenvalue weighted by molar-refractivity contribution is -0.143. The van der Waals surface area contributed by atoms with Crippen LogP contribution in [0.25, 0.3) is 0 Å². The standard InChI is InChI=1S/C17H25N5O3S.C16H24N6O3S.C11H19N3O2S.C9H19NO2.C3H3ClN2S.CH4.ClH/c1-13-20-17(26-21-13)22(9-7-5-4-6-8-16(23)25-3)15-10-14(11-24-2)18-12-19-15;1-12-19-16(26-21-12)22(8-6-4-3-5-7-15(23)20-24)14-9-13(10-25-2)17-11-18-14;1-9-13-11(17-14-9)12-8-6-4-3-5-7-10(15)16-2;1-2-12-9(11)7-5-3-4-6-8-10;1-2-5-3(4)7-6-2;;/h10,12H,4-9,11H2,1-3H3;9,11,24H,3-8,10H2,1-2H3,(H,20,23);3-8H2,1-2H3,(H,12,13,14);2-8,10H2,1H3;1H3;1H4;1H. The third kappa shape index (κ3) is 40.1. The number of carbonyl (C=O) groups excluding carboxylic acids is 4. The first kappa shape index (κ1) is 84.1. The number of rotatable bonds is 37. The van der Waals surface area contributed by atoms with Crippen LogP contribution in [0, 0.1) is 27.7 Å². The molecule has 1 amide bonds. The third-order valence-corrected chi connectivity index (χ3v) is 15.2. The summed E-state index contributed by atoms with van der Waals surface area (Å²) in [7, 11) is 6.12. The van der Waals surface area contributed by atoms with Crippen LogP contribution in [0.3, 0.4) is 0 Å². The second kappa shape index (κ2) is 53.7. The van der Waals surface area contributed by atoms with Crippen LogP contribution in [0.2, 0.25) is 4.47 Å². The lowest BCUT2D eigenvalue weighted by Gasteiger charge is -2.20. The summed E-state index contributed by atoms with van der Waals surface area (Å²) in [6.07, 6.45) is 20.7. The Morgan fingerprint density at radius 2 is 0.978 bits per heavy atom. The largest absolute Gasteiger partial charge is 0.469 e. The van der Waals surface area contributed by atoms with Gasteiger partial charge in [0.15, 0.2) is 0 Å². The van der Waals surface area contributed by atoms with E-state index < -0.39 is 0 Å². The van der Waals surface area contributed by atoms with Crippen LogP contribution in [0.5, 0.6) is 0 Å². The van der Waals surface area contributed by atoms with Gasteiger partial charge in [-0.3, -0.25) is 24.4 Å². The number of aromatic nitrogens is 12. The predicted octanol–water partition coefficient (Wildman–Crippen LogP) is 11.8. The molecule has 0 unspecified atom stereocenters. The molecule has 0 aliphatic carbocycles. The highest BCUT2D eigenvalue weighted by Gasteiger charge is 2.18. The molecule has 0 atom stereocenters. The van der Waals surface area contributed by atoms with Crippen molar-refractivity contribution in [3.8, 4) is 0 Å². The maximum atomic E-state index is 11.1. The molecule has 0 aliphatic rings.